The summed E-state index contributed by atoms with van der Waals surface area (Å²) < 4.78 is 31.3. The second-order valence-electron chi connectivity index (χ2n) is 8.17. The van der Waals surface area contributed by atoms with Crippen molar-refractivity contribution in [3.63, 3.8) is 0 Å². The average molecular weight is 490 g/mol. The van der Waals surface area contributed by atoms with Gasteiger partial charge in [0.25, 0.3) is 5.95 Å². The third-order valence-electron chi connectivity index (χ3n) is 6.07. The molecule has 2 aromatic heterocycles. The molecule has 36 heavy (non-hydrogen) atoms. The van der Waals surface area contributed by atoms with Crippen molar-refractivity contribution in [1.82, 2.24) is 25.0 Å². The van der Waals surface area contributed by atoms with Gasteiger partial charge in [-0.05, 0) is 48.9 Å². The number of carbonyl (C=O) groups is 1. The van der Waals surface area contributed by atoms with Crippen LogP contribution in [-0.4, -0.2) is 52.2 Å². The first-order valence-electron chi connectivity index (χ1n) is 11.1. The fraction of sp³-hybridized carbons (Fsp3) is 0.240. The first kappa shape index (κ1) is 23.2. The highest BCUT2D eigenvalue weighted by molar-refractivity contribution is 5.95. The number of hydrogen-bond acceptors (Lipinski definition) is 8. The Hall–Kier alpha value is -4.54. The molecule has 0 fully saturated rings. The summed E-state index contributed by atoms with van der Waals surface area (Å²) in [5.41, 5.74) is 3.48. The van der Waals surface area contributed by atoms with Crippen LogP contribution >= 0.6 is 0 Å². The Kier molecular flexibility index (Phi) is 5.96. The molecule has 0 saturated carbocycles. The van der Waals surface area contributed by atoms with E-state index in [1.54, 1.807) is 26.4 Å². The number of amides is 1. The van der Waals surface area contributed by atoms with E-state index in [0.717, 1.165) is 11.1 Å². The van der Waals surface area contributed by atoms with E-state index in [-0.39, 0.29) is 30.0 Å². The van der Waals surface area contributed by atoms with E-state index in [0.29, 0.717) is 40.0 Å². The van der Waals surface area contributed by atoms with E-state index in [2.05, 4.69) is 25.6 Å². The number of benzene rings is 2. The second-order valence-corrected chi connectivity index (χ2v) is 8.17. The van der Waals surface area contributed by atoms with Crippen LogP contribution in [0.1, 0.15) is 29.2 Å². The molecule has 5 rings (SSSR count). The van der Waals surface area contributed by atoms with Crippen molar-refractivity contribution in [2.75, 3.05) is 26.6 Å². The average Bonchev–Trinajstić information content (AvgIpc) is 3.23. The highest BCUT2D eigenvalue weighted by Crippen LogP contribution is 2.45. The minimum atomic E-state index is -0.349. The summed E-state index contributed by atoms with van der Waals surface area (Å²) >= 11 is 0. The third-order valence-corrected chi connectivity index (χ3v) is 6.07. The standard InChI is InChI=1S/C25H23FN6O4/c1-13-22-17(15-9-19(34-2)23(36-4)20(10-15)35-3)11-21(33)29-24(22)32(31-13)25-28-18(12-27-30-25)14-5-7-16(26)8-6-14/h5-10,12,17H,11H2,1-4H3,(H,29,33)/t17-/m1/s1. The molecule has 1 aliphatic heterocycles. The lowest BCUT2D eigenvalue weighted by Gasteiger charge is -2.25. The van der Waals surface area contributed by atoms with Crippen LogP contribution in [0.2, 0.25) is 0 Å². The Morgan fingerprint density at radius 3 is 2.39 bits per heavy atom. The maximum absolute atomic E-state index is 13.4. The molecular formula is C25H23FN6O4. The van der Waals surface area contributed by atoms with Gasteiger partial charge in [-0.25, -0.2) is 9.37 Å². The quantitative estimate of drug-likeness (QED) is 0.436. The minimum Gasteiger partial charge on any atom is -0.493 e. The van der Waals surface area contributed by atoms with Gasteiger partial charge in [-0.3, -0.25) is 4.79 Å². The van der Waals surface area contributed by atoms with E-state index in [1.165, 1.54) is 30.1 Å². The van der Waals surface area contributed by atoms with Gasteiger partial charge in [-0.2, -0.15) is 14.9 Å². The topological polar surface area (TPSA) is 113 Å². The van der Waals surface area contributed by atoms with Gasteiger partial charge in [0, 0.05) is 23.5 Å². The van der Waals surface area contributed by atoms with E-state index in [4.69, 9.17) is 14.2 Å². The van der Waals surface area contributed by atoms with Gasteiger partial charge in [-0.1, -0.05) is 0 Å². The number of hydrogen-bond donors (Lipinski definition) is 1. The van der Waals surface area contributed by atoms with E-state index in [1.807, 2.05) is 19.1 Å². The SMILES string of the molecule is COc1cc([C@H]2CC(=O)Nc3c2c(C)nn3-c2nncc(-c3ccc(F)cc3)n2)cc(OC)c1OC. The van der Waals surface area contributed by atoms with Crippen LogP contribution in [0.5, 0.6) is 17.2 Å². The molecule has 0 radical (unpaired) electrons. The van der Waals surface area contributed by atoms with E-state index < -0.39 is 0 Å². The van der Waals surface area contributed by atoms with Crippen LogP contribution in [0.4, 0.5) is 10.2 Å². The molecule has 1 amide bonds. The number of anilines is 1. The van der Waals surface area contributed by atoms with Crippen molar-refractivity contribution < 1.29 is 23.4 Å². The number of carbonyl (C=O) groups excluding carboxylic acids is 1. The number of methoxy groups -OCH3 is 3. The number of ether oxygens (including phenoxy) is 3. The molecule has 2 aromatic carbocycles. The van der Waals surface area contributed by atoms with E-state index >= 15 is 0 Å². The molecule has 1 atom stereocenters. The summed E-state index contributed by atoms with van der Waals surface area (Å²) in [5, 5.41) is 15.7. The summed E-state index contributed by atoms with van der Waals surface area (Å²) in [6, 6.07) is 9.57. The number of fused-ring (bicyclic) bond motifs is 1. The summed E-state index contributed by atoms with van der Waals surface area (Å²) in [6.07, 6.45) is 1.68. The first-order chi connectivity index (χ1) is 17.4. The van der Waals surface area contributed by atoms with Gasteiger partial charge in [0.2, 0.25) is 11.7 Å². The summed E-state index contributed by atoms with van der Waals surface area (Å²) in [7, 11) is 4.62. The molecule has 184 valence electrons. The van der Waals surface area contributed by atoms with Crippen molar-refractivity contribution in [3.05, 3.63) is 65.2 Å². The molecule has 4 aromatic rings. The molecule has 1 aliphatic rings. The second kappa shape index (κ2) is 9.25. The first-order valence-corrected chi connectivity index (χ1v) is 11.1. The number of nitrogens with zero attached hydrogens (tertiary/aromatic N) is 5. The maximum atomic E-state index is 13.4. The number of halogens is 1. The van der Waals surface area contributed by atoms with Gasteiger partial charge >= 0.3 is 0 Å². The number of nitrogens with one attached hydrogen (secondary N) is 1. The molecular weight excluding hydrogens is 467 g/mol. The van der Waals surface area contributed by atoms with E-state index in [9.17, 15) is 9.18 Å². The van der Waals surface area contributed by atoms with Gasteiger partial charge in [-0.15, -0.1) is 5.10 Å². The predicted octanol–water partition coefficient (Wildman–Crippen LogP) is 3.67. The van der Waals surface area contributed by atoms with Crippen molar-refractivity contribution in [3.8, 4) is 34.5 Å². The van der Waals surface area contributed by atoms with Crippen LogP contribution in [-0.2, 0) is 4.79 Å². The molecule has 1 N–H and O–H groups in total. The molecule has 0 saturated heterocycles. The lowest BCUT2D eigenvalue weighted by molar-refractivity contribution is -0.116. The van der Waals surface area contributed by atoms with Crippen LogP contribution in [0.3, 0.4) is 0 Å². The fourth-order valence-corrected chi connectivity index (χ4v) is 4.42. The molecule has 3 heterocycles. The number of aryl methyl sites for hydroxylation is 1. The van der Waals surface area contributed by atoms with Crippen molar-refractivity contribution in [1.29, 1.82) is 0 Å². The Morgan fingerprint density at radius 1 is 1.06 bits per heavy atom. The van der Waals surface area contributed by atoms with Gasteiger partial charge in [0.15, 0.2) is 11.5 Å². The van der Waals surface area contributed by atoms with Crippen molar-refractivity contribution >= 4 is 11.7 Å². The Balaban J connectivity index is 1.62. The van der Waals surface area contributed by atoms with Crippen molar-refractivity contribution in [2.24, 2.45) is 0 Å². The molecule has 0 bridgehead atoms. The lowest BCUT2D eigenvalue weighted by atomic mass is 9.85. The minimum absolute atomic E-state index is 0.173. The number of rotatable bonds is 6. The number of aromatic nitrogens is 5. The highest BCUT2D eigenvalue weighted by Gasteiger charge is 2.34. The summed E-state index contributed by atoms with van der Waals surface area (Å²) in [5.74, 6) is 1.21. The Labute approximate surface area is 206 Å². The Morgan fingerprint density at radius 2 is 1.75 bits per heavy atom. The zero-order valence-corrected chi connectivity index (χ0v) is 20.1. The van der Waals surface area contributed by atoms with Crippen LogP contribution in [0.15, 0.2) is 42.6 Å². The Bertz CT molecular complexity index is 1430. The molecule has 11 heteroatoms. The smallest absolute Gasteiger partial charge is 0.272 e. The third kappa shape index (κ3) is 3.98. The maximum Gasteiger partial charge on any atom is 0.272 e. The normalized spacial score (nSPS) is 14.7. The summed E-state index contributed by atoms with van der Waals surface area (Å²) in [4.78, 5) is 17.4. The fourth-order valence-electron chi connectivity index (χ4n) is 4.42. The van der Waals surface area contributed by atoms with Crippen LogP contribution in [0.25, 0.3) is 17.2 Å². The van der Waals surface area contributed by atoms with Crippen molar-refractivity contribution in [2.45, 2.75) is 19.3 Å². The zero-order valence-electron chi connectivity index (χ0n) is 20.1. The largest absolute Gasteiger partial charge is 0.493 e. The molecule has 10 nitrogen and oxygen atoms in total. The monoisotopic (exact) mass is 490 g/mol. The molecule has 0 unspecified atom stereocenters. The summed E-state index contributed by atoms with van der Waals surface area (Å²) in [6.45, 7) is 1.86. The van der Waals surface area contributed by atoms with Crippen LogP contribution < -0.4 is 19.5 Å². The van der Waals surface area contributed by atoms with Gasteiger partial charge < -0.3 is 19.5 Å². The molecule has 0 aliphatic carbocycles. The highest BCUT2D eigenvalue weighted by atomic mass is 19.1. The van der Waals surface area contributed by atoms with Gasteiger partial charge in [0.05, 0.1) is 38.9 Å². The zero-order chi connectivity index (χ0) is 25.4. The predicted molar refractivity (Wildman–Crippen MR) is 128 cm³/mol. The van der Waals surface area contributed by atoms with Gasteiger partial charge in [0.1, 0.15) is 11.6 Å². The molecule has 0 spiro atoms. The van der Waals surface area contributed by atoms with Crippen LogP contribution in [0, 0.1) is 12.7 Å². The lowest BCUT2D eigenvalue weighted by Crippen LogP contribution is -2.25.